The highest BCUT2D eigenvalue weighted by molar-refractivity contribution is 9.10. The Bertz CT molecular complexity index is 1340. The molecule has 0 N–H and O–H groups in total. The van der Waals surface area contributed by atoms with Crippen LogP contribution in [0.25, 0.3) is 6.08 Å². The van der Waals surface area contributed by atoms with Gasteiger partial charge in [-0.25, -0.2) is 4.99 Å². The molecule has 0 bridgehead atoms. The van der Waals surface area contributed by atoms with E-state index in [4.69, 9.17) is 30.8 Å². The molecule has 0 radical (unpaired) electrons. The van der Waals surface area contributed by atoms with Crippen molar-refractivity contribution in [1.82, 2.24) is 4.90 Å². The molecule has 0 spiro atoms. The summed E-state index contributed by atoms with van der Waals surface area (Å²) >= 11 is 11.2. The van der Waals surface area contributed by atoms with Crippen LogP contribution in [0.5, 0.6) is 17.2 Å². The number of rotatable bonds is 9. The van der Waals surface area contributed by atoms with Crippen LogP contribution in [-0.2, 0) is 11.4 Å². The quantitative estimate of drug-likeness (QED) is 0.235. The fourth-order valence-electron chi connectivity index (χ4n) is 3.59. The lowest BCUT2D eigenvalue weighted by Crippen LogP contribution is -2.28. The monoisotopic (exact) mass is 600 g/mol. The number of thioether (sulfide) groups is 1. The van der Waals surface area contributed by atoms with Crippen LogP contribution in [0.3, 0.4) is 0 Å². The van der Waals surface area contributed by atoms with Gasteiger partial charge in [0.1, 0.15) is 12.4 Å². The van der Waals surface area contributed by atoms with E-state index >= 15 is 0 Å². The highest BCUT2D eigenvalue weighted by Gasteiger charge is 2.32. The molecule has 192 valence electrons. The van der Waals surface area contributed by atoms with Crippen molar-refractivity contribution in [3.63, 3.8) is 0 Å². The van der Waals surface area contributed by atoms with Gasteiger partial charge in [0.05, 0.1) is 24.3 Å². The molecule has 6 nitrogen and oxygen atoms in total. The predicted molar refractivity (Wildman–Crippen MR) is 154 cm³/mol. The summed E-state index contributed by atoms with van der Waals surface area (Å²) in [5.74, 6) is 1.82. The molecule has 37 heavy (non-hydrogen) atoms. The van der Waals surface area contributed by atoms with Gasteiger partial charge in [-0.05, 0) is 79.7 Å². The summed E-state index contributed by atoms with van der Waals surface area (Å²) in [5.41, 5.74) is 2.42. The second-order valence-electron chi connectivity index (χ2n) is 7.89. The second-order valence-corrected chi connectivity index (χ2v) is 10.2. The summed E-state index contributed by atoms with van der Waals surface area (Å²) in [6.45, 7) is 5.13. The summed E-state index contributed by atoms with van der Waals surface area (Å²) in [6.07, 6.45) is 1.84. The Morgan fingerprint density at radius 2 is 1.78 bits per heavy atom. The van der Waals surface area contributed by atoms with Gasteiger partial charge in [-0.1, -0.05) is 45.7 Å². The first-order chi connectivity index (χ1) is 17.9. The largest absolute Gasteiger partial charge is 0.497 e. The molecule has 1 aliphatic rings. The zero-order chi connectivity index (χ0) is 26.4. The maximum atomic E-state index is 13.2. The molecule has 0 aliphatic carbocycles. The van der Waals surface area contributed by atoms with Gasteiger partial charge in [-0.2, -0.15) is 0 Å². The van der Waals surface area contributed by atoms with Crippen molar-refractivity contribution >= 4 is 62.1 Å². The predicted octanol–water partition coefficient (Wildman–Crippen LogP) is 7.71. The topological polar surface area (TPSA) is 60.4 Å². The fourth-order valence-corrected chi connectivity index (χ4v) is 5.27. The van der Waals surface area contributed by atoms with Crippen molar-refractivity contribution in [3.05, 3.63) is 86.2 Å². The second kappa shape index (κ2) is 12.5. The Kier molecular flexibility index (Phi) is 9.18. The van der Waals surface area contributed by atoms with Crippen LogP contribution in [0.4, 0.5) is 5.69 Å². The normalized spacial score (nSPS) is 15.5. The summed E-state index contributed by atoms with van der Waals surface area (Å²) < 4.78 is 17.9. The molecule has 0 aromatic heterocycles. The molecule has 1 fully saturated rings. The van der Waals surface area contributed by atoms with Gasteiger partial charge >= 0.3 is 0 Å². The van der Waals surface area contributed by atoms with Crippen LogP contribution >= 0.6 is 39.3 Å². The Morgan fingerprint density at radius 3 is 2.46 bits per heavy atom. The number of aliphatic imine (C=N–C) groups is 1. The molecule has 0 atom stereocenters. The molecule has 0 unspecified atom stereocenters. The van der Waals surface area contributed by atoms with E-state index in [9.17, 15) is 4.79 Å². The lowest BCUT2D eigenvalue weighted by molar-refractivity contribution is -0.122. The zero-order valence-corrected chi connectivity index (χ0v) is 23.8. The van der Waals surface area contributed by atoms with Crippen molar-refractivity contribution in [1.29, 1.82) is 0 Å². The van der Waals surface area contributed by atoms with E-state index in [0.717, 1.165) is 27.0 Å². The summed E-state index contributed by atoms with van der Waals surface area (Å²) in [5, 5.41) is 1.27. The minimum atomic E-state index is -0.0938. The van der Waals surface area contributed by atoms with Crippen LogP contribution in [0.1, 0.15) is 25.0 Å². The summed E-state index contributed by atoms with van der Waals surface area (Å²) in [7, 11) is 1.62. The highest BCUT2D eigenvalue weighted by Crippen LogP contribution is 2.39. The number of benzene rings is 3. The number of carbonyl (C=O) groups is 1. The first-order valence-corrected chi connectivity index (χ1v) is 13.7. The SMILES string of the molecule is CCOc1cc(/C=C2/SC(=Nc3ccc(OC)cc3)N(CC)C2=O)c(Br)cc1OCc1ccccc1Cl. The molecule has 3 aromatic rings. The third-order valence-corrected chi connectivity index (χ3v) is 7.55. The van der Waals surface area contributed by atoms with Crippen molar-refractivity contribution in [2.75, 3.05) is 20.3 Å². The number of hydrogen-bond acceptors (Lipinski definition) is 6. The zero-order valence-electron chi connectivity index (χ0n) is 20.7. The average Bonchev–Trinajstić information content (AvgIpc) is 3.19. The molecule has 1 aliphatic heterocycles. The van der Waals surface area contributed by atoms with Crippen molar-refractivity contribution in [3.8, 4) is 17.2 Å². The molecule has 4 rings (SSSR count). The van der Waals surface area contributed by atoms with Gasteiger partial charge in [0, 0.05) is 21.6 Å². The number of nitrogens with zero attached hydrogens (tertiary/aromatic N) is 2. The van der Waals surface area contributed by atoms with Gasteiger partial charge < -0.3 is 14.2 Å². The number of methoxy groups -OCH3 is 1. The van der Waals surface area contributed by atoms with Crippen molar-refractivity contribution < 1.29 is 19.0 Å². The highest BCUT2D eigenvalue weighted by atomic mass is 79.9. The van der Waals surface area contributed by atoms with Gasteiger partial charge in [0.2, 0.25) is 0 Å². The number of carbonyl (C=O) groups excluding carboxylic acids is 1. The minimum absolute atomic E-state index is 0.0938. The maximum absolute atomic E-state index is 13.2. The van der Waals surface area contributed by atoms with Crippen molar-refractivity contribution in [2.45, 2.75) is 20.5 Å². The number of amidine groups is 1. The van der Waals surface area contributed by atoms with E-state index in [2.05, 4.69) is 15.9 Å². The fraction of sp³-hybridized carbons (Fsp3) is 0.214. The average molecular weight is 602 g/mol. The Morgan fingerprint density at radius 1 is 1.05 bits per heavy atom. The van der Waals surface area contributed by atoms with Crippen LogP contribution < -0.4 is 14.2 Å². The maximum Gasteiger partial charge on any atom is 0.266 e. The standard InChI is InChI=1S/C28H26BrClN2O4S/c1-4-32-27(33)26(37-28(32)31-20-10-12-21(34-3)13-11-20)15-19-14-24(35-5-2)25(16-22(19)29)36-17-18-8-6-7-9-23(18)30/h6-16H,4-5,17H2,1-3H3/b26-15+,31-28?. The first kappa shape index (κ1) is 27.1. The molecule has 1 heterocycles. The summed E-state index contributed by atoms with van der Waals surface area (Å²) in [6, 6.07) is 18.7. The third-order valence-electron chi connectivity index (χ3n) is 5.49. The number of halogens is 2. The number of likely N-dealkylation sites (N-methyl/N-ethyl adjacent to an activating group) is 1. The van der Waals surface area contributed by atoms with Gasteiger partial charge in [-0.3, -0.25) is 9.69 Å². The minimum Gasteiger partial charge on any atom is -0.497 e. The van der Waals surface area contributed by atoms with Crippen LogP contribution in [0.15, 0.2) is 75.0 Å². The Balaban J connectivity index is 1.61. The van der Waals surface area contributed by atoms with E-state index in [1.807, 2.05) is 80.6 Å². The molecule has 1 amide bonds. The number of ether oxygens (including phenoxy) is 3. The molecular formula is C28H26BrClN2O4S. The number of amides is 1. The molecule has 9 heteroatoms. The van der Waals surface area contributed by atoms with E-state index in [1.165, 1.54) is 11.8 Å². The van der Waals surface area contributed by atoms with Crippen LogP contribution in [-0.4, -0.2) is 36.2 Å². The van der Waals surface area contributed by atoms with E-state index in [1.54, 1.807) is 12.0 Å². The Labute approximate surface area is 234 Å². The molecular weight excluding hydrogens is 576 g/mol. The van der Waals surface area contributed by atoms with Crippen molar-refractivity contribution in [2.24, 2.45) is 4.99 Å². The lowest BCUT2D eigenvalue weighted by atomic mass is 10.1. The number of hydrogen-bond donors (Lipinski definition) is 0. The Hall–Kier alpha value is -2.94. The first-order valence-electron chi connectivity index (χ1n) is 11.7. The van der Waals surface area contributed by atoms with Crippen LogP contribution in [0.2, 0.25) is 5.02 Å². The third kappa shape index (κ3) is 6.50. The van der Waals surface area contributed by atoms with E-state index in [-0.39, 0.29) is 5.91 Å². The van der Waals surface area contributed by atoms with E-state index in [0.29, 0.717) is 46.4 Å². The van der Waals surface area contributed by atoms with E-state index < -0.39 is 0 Å². The molecule has 1 saturated heterocycles. The smallest absolute Gasteiger partial charge is 0.266 e. The van der Waals surface area contributed by atoms with Gasteiger partial charge in [0.25, 0.3) is 5.91 Å². The molecule has 3 aromatic carbocycles. The summed E-state index contributed by atoms with van der Waals surface area (Å²) in [4.78, 5) is 20.1. The van der Waals surface area contributed by atoms with Crippen LogP contribution in [0, 0.1) is 0 Å². The lowest BCUT2D eigenvalue weighted by Gasteiger charge is -2.15. The molecule has 0 saturated carbocycles. The van der Waals surface area contributed by atoms with Gasteiger partial charge in [0.15, 0.2) is 16.7 Å². The van der Waals surface area contributed by atoms with Gasteiger partial charge in [-0.15, -0.1) is 0 Å².